The minimum atomic E-state index is -0.242. The van der Waals surface area contributed by atoms with Gasteiger partial charge in [-0.05, 0) is 31.5 Å². The molecule has 102 valence electrons. The summed E-state index contributed by atoms with van der Waals surface area (Å²) in [4.78, 5) is 0. The van der Waals surface area contributed by atoms with Crippen molar-refractivity contribution in [3.63, 3.8) is 0 Å². The van der Waals surface area contributed by atoms with Crippen LogP contribution in [0.5, 0.6) is 0 Å². The first-order valence-electron chi connectivity index (χ1n) is 6.79. The molecule has 0 aliphatic carbocycles. The van der Waals surface area contributed by atoms with E-state index in [1.807, 2.05) is 12.3 Å². The van der Waals surface area contributed by atoms with Crippen molar-refractivity contribution in [3.05, 3.63) is 47.5 Å². The highest BCUT2D eigenvalue weighted by Crippen LogP contribution is 2.18. The molecule has 0 aliphatic heterocycles. The average Bonchev–Trinajstić information content (AvgIpc) is 2.82. The number of hydrogen-bond acceptors (Lipinski definition) is 2. The van der Waals surface area contributed by atoms with Gasteiger partial charge in [0.05, 0.1) is 6.20 Å². The number of nitrogens with one attached hydrogen (secondary N) is 1. The molecule has 0 aliphatic rings. The Morgan fingerprint density at radius 2 is 2.05 bits per heavy atom. The molecule has 2 aromatic rings. The molecule has 3 nitrogen and oxygen atoms in total. The summed E-state index contributed by atoms with van der Waals surface area (Å²) in [5.41, 5.74) is 2.72. The predicted molar refractivity (Wildman–Crippen MR) is 74.9 cm³/mol. The van der Waals surface area contributed by atoms with E-state index in [1.54, 1.807) is 16.8 Å². The SMILES string of the molecule is CCCNCc1cnn(-c2ccccc2F)c1CC. The number of rotatable bonds is 6. The number of para-hydroxylation sites is 1. The van der Waals surface area contributed by atoms with Gasteiger partial charge in [-0.15, -0.1) is 0 Å². The third-order valence-corrected chi connectivity index (χ3v) is 3.11. The van der Waals surface area contributed by atoms with E-state index in [2.05, 4.69) is 24.3 Å². The fraction of sp³-hybridized carbons (Fsp3) is 0.400. The van der Waals surface area contributed by atoms with Crippen LogP contribution >= 0.6 is 0 Å². The van der Waals surface area contributed by atoms with E-state index in [9.17, 15) is 4.39 Å². The molecule has 2 rings (SSSR count). The fourth-order valence-corrected chi connectivity index (χ4v) is 2.16. The third kappa shape index (κ3) is 3.01. The van der Waals surface area contributed by atoms with Crippen LogP contribution in [0.1, 0.15) is 31.5 Å². The van der Waals surface area contributed by atoms with Gasteiger partial charge in [-0.3, -0.25) is 0 Å². The number of nitrogens with zero attached hydrogens (tertiary/aromatic N) is 2. The second-order valence-electron chi connectivity index (χ2n) is 4.51. The molecule has 0 bridgehead atoms. The summed E-state index contributed by atoms with van der Waals surface area (Å²) in [6.07, 6.45) is 3.76. The third-order valence-electron chi connectivity index (χ3n) is 3.11. The van der Waals surface area contributed by atoms with Crippen LogP contribution in [0.4, 0.5) is 4.39 Å². The van der Waals surface area contributed by atoms with Gasteiger partial charge in [0.1, 0.15) is 11.5 Å². The summed E-state index contributed by atoms with van der Waals surface area (Å²) in [7, 11) is 0. The standard InChI is InChI=1S/C15H20FN3/c1-3-9-17-10-12-11-18-19(14(12)4-2)15-8-6-5-7-13(15)16/h5-8,11,17H,3-4,9-10H2,1-2H3. The summed E-state index contributed by atoms with van der Waals surface area (Å²) >= 11 is 0. The first kappa shape index (κ1) is 13.7. The van der Waals surface area contributed by atoms with Gasteiger partial charge in [0.15, 0.2) is 0 Å². The Kier molecular flexibility index (Phi) is 4.68. The molecule has 1 aromatic carbocycles. The summed E-state index contributed by atoms with van der Waals surface area (Å²) < 4.78 is 15.5. The smallest absolute Gasteiger partial charge is 0.148 e. The molecule has 0 radical (unpaired) electrons. The Morgan fingerprint density at radius 1 is 1.26 bits per heavy atom. The van der Waals surface area contributed by atoms with Crippen molar-refractivity contribution in [2.75, 3.05) is 6.54 Å². The van der Waals surface area contributed by atoms with E-state index in [-0.39, 0.29) is 5.82 Å². The lowest BCUT2D eigenvalue weighted by Crippen LogP contribution is -2.15. The fourth-order valence-electron chi connectivity index (χ4n) is 2.16. The van der Waals surface area contributed by atoms with E-state index in [1.165, 1.54) is 6.07 Å². The van der Waals surface area contributed by atoms with Gasteiger partial charge in [0.25, 0.3) is 0 Å². The second kappa shape index (κ2) is 6.48. The Morgan fingerprint density at radius 3 is 2.74 bits per heavy atom. The first-order chi connectivity index (χ1) is 9.27. The van der Waals surface area contributed by atoms with Gasteiger partial charge in [0, 0.05) is 17.8 Å². The first-order valence-corrected chi connectivity index (χ1v) is 6.79. The quantitative estimate of drug-likeness (QED) is 0.810. The Labute approximate surface area is 113 Å². The lowest BCUT2D eigenvalue weighted by molar-refractivity contribution is 0.606. The number of aromatic nitrogens is 2. The predicted octanol–water partition coefficient (Wildman–Crippen LogP) is 3.07. The molecule has 1 N–H and O–H groups in total. The largest absolute Gasteiger partial charge is 0.313 e. The monoisotopic (exact) mass is 261 g/mol. The van der Waals surface area contributed by atoms with Gasteiger partial charge in [0.2, 0.25) is 0 Å². The summed E-state index contributed by atoms with van der Waals surface area (Å²) in [5.74, 6) is -0.242. The highest BCUT2D eigenvalue weighted by atomic mass is 19.1. The zero-order chi connectivity index (χ0) is 13.7. The van der Waals surface area contributed by atoms with Crippen molar-refractivity contribution in [3.8, 4) is 5.69 Å². The molecule has 0 atom stereocenters. The van der Waals surface area contributed by atoms with Gasteiger partial charge >= 0.3 is 0 Å². The highest BCUT2D eigenvalue weighted by molar-refractivity contribution is 5.36. The lowest BCUT2D eigenvalue weighted by Gasteiger charge is -2.09. The highest BCUT2D eigenvalue weighted by Gasteiger charge is 2.12. The summed E-state index contributed by atoms with van der Waals surface area (Å²) in [6, 6.07) is 6.74. The second-order valence-corrected chi connectivity index (χ2v) is 4.51. The maximum atomic E-state index is 13.8. The van der Waals surface area contributed by atoms with Crippen molar-refractivity contribution < 1.29 is 4.39 Å². The van der Waals surface area contributed by atoms with Gasteiger partial charge in [-0.1, -0.05) is 26.0 Å². The van der Waals surface area contributed by atoms with Gasteiger partial charge in [-0.25, -0.2) is 9.07 Å². The van der Waals surface area contributed by atoms with Crippen LogP contribution in [0.2, 0.25) is 0 Å². The Bertz CT molecular complexity index is 534. The Balaban J connectivity index is 2.29. The molecule has 0 saturated heterocycles. The van der Waals surface area contributed by atoms with Gasteiger partial charge < -0.3 is 5.32 Å². The molecular formula is C15H20FN3. The van der Waals surface area contributed by atoms with E-state index in [0.717, 1.165) is 37.2 Å². The molecule has 0 fully saturated rings. The van der Waals surface area contributed by atoms with Crippen molar-refractivity contribution in [2.45, 2.75) is 33.2 Å². The molecule has 0 saturated carbocycles. The van der Waals surface area contributed by atoms with Crippen molar-refractivity contribution in [1.29, 1.82) is 0 Å². The molecule has 4 heteroatoms. The van der Waals surface area contributed by atoms with Crippen LogP contribution in [0.15, 0.2) is 30.5 Å². The molecule has 0 unspecified atom stereocenters. The van der Waals surface area contributed by atoms with Crippen LogP contribution in [-0.4, -0.2) is 16.3 Å². The van der Waals surface area contributed by atoms with Gasteiger partial charge in [-0.2, -0.15) is 5.10 Å². The maximum absolute atomic E-state index is 13.8. The maximum Gasteiger partial charge on any atom is 0.148 e. The average molecular weight is 261 g/mol. The Hall–Kier alpha value is -1.68. The topological polar surface area (TPSA) is 29.9 Å². The van der Waals surface area contributed by atoms with Crippen molar-refractivity contribution in [1.82, 2.24) is 15.1 Å². The van der Waals surface area contributed by atoms with Crippen LogP contribution < -0.4 is 5.32 Å². The normalized spacial score (nSPS) is 10.9. The van der Waals surface area contributed by atoms with Crippen LogP contribution in [-0.2, 0) is 13.0 Å². The molecule has 1 heterocycles. The summed E-state index contributed by atoms with van der Waals surface area (Å²) in [6.45, 7) is 5.97. The van der Waals surface area contributed by atoms with Crippen molar-refractivity contribution >= 4 is 0 Å². The van der Waals surface area contributed by atoms with Crippen LogP contribution in [0.25, 0.3) is 5.69 Å². The molecule has 0 amide bonds. The molecule has 0 spiro atoms. The zero-order valence-electron chi connectivity index (χ0n) is 11.5. The van der Waals surface area contributed by atoms with E-state index >= 15 is 0 Å². The number of benzene rings is 1. The minimum Gasteiger partial charge on any atom is -0.313 e. The molecule has 19 heavy (non-hydrogen) atoms. The summed E-state index contributed by atoms with van der Waals surface area (Å²) in [5, 5.41) is 7.69. The lowest BCUT2D eigenvalue weighted by atomic mass is 10.2. The zero-order valence-corrected chi connectivity index (χ0v) is 11.5. The van der Waals surface area contributed by atoms with E-state index < -0.39 is 0 Å². The molecule has 1 aromatic heterocycles. The van der Waals surface area contributed by atoms with E-state index in [0.29, 0.717) is 5.69 Å². The van der Waals surface area contributed by atoms with Crippen LogP contribution in [0.3, 0.4) is 0 Å². The van der Waals surface area contributed by atoms with Crippen molar-refractivity contribution in [2.24, 2.45) is 0 Å². The number of halogens is 1. The number of hydrogen-bond donors (Lipinski definition) is 1. The molecular weight excluding hydrogens is 241 g/mol. The minimum absolute atomic E-state index is 0.242. The van der Waals surface area contributed by atoms with Crippen LogP contribution in [0, 0.1) is 5.82 Å². The van der Waals surface area contributed by atoms with E-state index in [4.69, 9.17) is 0 Å².